The van der Waals surface area contributed by atoms with Crippen LogP contribution < -0.4 is 4.74 Å². The predicted octanol–water partition coefficient (Wildman–Crippen LogP) is 6.34. The maximum atomic E-state index is 5.82. The standard InChI is InChI=1S/C20H24N4O.2C2H6/c1-17-9-4-5-11-20(17)25-14-7-3-2-6-13-24-16-19(22-23-24)18-10-8-12-21-15-18;2*1-2/h4-5,8-12,15-16H,2-3,6-7,13-14H2,1H3;2*1-2H3. The van der Waals surface area contributed by atoms with Gasteiger partial charge in [-0.3, -0.25) is 9.67 Å². The lowest BCUT2D eigenvalue weighted by Gasteiger charge is -2.08. The number of nitrogens with zero attached hydrogens (tertiary/aromatic N) is 4. The van der Waals surface area contributed by atoms with Crippen molar-refractivity contribution in [1.29, 1.82) is 0 Å². The summed E-state index contributed by atoms with van der Waals surface area (Å²) < 4.78 is 7.73. The molecule has 0 bridgehead atoms. The third-order valence-electron chi connectivity index (χ3n) is 4.13. The average Bonchev–Trinajstić information content (AvgIpc) is 3.27. The van der Waals surface area contributed by atoms with Crippen LogP contribution in [0.3, 0.4) is 0 Å². The van der Waals surface area contributed by atoms with Crippen molar-refractivity contribution in [2.45, 2.75) is 66.8 Å². The second-order valence-electron chi connectivity index (χ2n) is 6.14. The van der Waals surface area contributed by atoms with Gasteiger partial charge in [0, 0.05) is 24.5 Å². The first-order chi connectivity index (χ1) is 14.3. The van der Waals surface area contributed by atoms with E-state index < -0.39 is 0 Å². The molecule has 0 aliphatic carbocycles. The third-order valence-corrected chi connectivity index (χ3v) is 4.13. The van der Waals surface area contributed by atoms with E-state index in [1.54, 1.807) is 6.20 Å². The van der Waals surface area contributed by atoms with Crippen LogP contribution in [0.4, 0.5) is 0 Å². The summed E-state index contributed by atoms with van der Waals surface area (Å²) in [6.45, 7) is 11.7. The molecule has 5 nitrogen and oxygen atoms in total. The molecule has 0 amide bonds. The highest BCUT2D eigenvalue weighted by Gasteiger charge is 2.03. The fourth-order valence-electron chi connectivity index (χ4n) is 2.68. The van der Waals surface area contributed by atoms with Crippen molar-refractivity contribution in [3.8, 4) is 17.0 Å². The molecule has 0 spiro atoms. The van der Waals surface area contributed by atoms with E-state index in [2.05, 4.69) is 28.3 Å². The van der Waals surface area contributed by atoms with Gasteiger partial charge in [0.25, 0.3) is 0 Å². The van der Waals surface area contributed by atoms with E-state index in [1.165, 1.54) is 12.0 Å². The van der Waals surface area contributed by atoms with Crippen molar-refractivity contribution in [1.82, 2.24) is 20.0 Å². The topological polar surface area (TPSA) is 52.8 Å². The number of para-hydroxylation sites is 1. The molecular weight excluding hydrogens is 360 g/mol. The minimum Gasteiger partial charge on any atom is -0.493 e. The van der Waals surface area contributed by atoms with E-state index in [4.69, 9.17) is 4.74 Å². The van der Waals surface area contributed by atoms with Crippen molar-refractivity contribution in [2.75, 3.05) is 6.61 Å². The van der Waals surface area contributed by atoms with Gasteiger partial charge < -0.3 is 4.74 Å². The first-order valence-corrected chi connectivity index (χ1v) is 10.8. The van der Waals surface area contributed by atoms with Crippen LogP contribution in [-0.2, 0) is 6.54 Å². The summed E-state index contributed by atoms with van der Waals surface area (Å²) in [5.41, 5.74) is 3.07. The number of aryl methyl sites for hydroxylation is 2. The highest BCUT2D eigenvalue weighted by atomic mass is 16.5. The number of pyridine rings is 1. The van der Waals surface area contributed by atoms with Crippen molar-refractivity contribution in [3.05, 3.63) is 60.6 Å². The van der Waals surface area contributed by atoms with E-state index in [0.29, 0.717) is 0 Å². The molecule has 3 aromatic rings. The van der Waals surface area contributed by atoms with Gasteiger partial charge >= 0.3 is 0 Å². The number of unbranched alkanes of at least 4 members (excludes halogenated alkanes) is 3. The molecule has 158 valence electrons. The Kier molecular flexibility index (Phi) is 12.8. The van der Waals surface area contributed by atoms with Crippen molar-refractivity contribution >= 4 is 0 Å². The molecule has 0 saturated heterocycles. The van der Waals surface area contributed by atoms with E-state index in [1.807, 2.05) is 75.1 Å². The van der Waals surface area contributed by atoms with Crippen LogP contribution in [0.2, 0.25) is 0 Å². The van der Waals surface area contributed by atoms with Gasteiger partial charge in [-0.25, -0.2) is 0 Å². The molecule has 2 heterocycles. The molecular formula is C24H36N4O. The van der Waals surface area contributed by atoms with Crippen LogP contribution in [-0.4, -0.2) is 26.6 Å². The van der Waals surface area contributed by atoms with Gasteiger partial charge in [-0.05, 0) is 49.9 Å². The molecule has 0 saturated carbocycles. The van der Waals surface area contributed by atoms with Crippen LogP contribution in [0.25, 0.3) is 11.3 Å². The number of ether oxygens (including phenoxy) is 1. The van der Waals surface area contributed by atoms with E-state index in [0.717, 1.165) is 49.4 Å². The maximum Gasteiger partial charge on any atom is 0.122 e. The Hall–Kier alpha value is -2.69. The van der Waals surface area contributed by atoms with Crippen molar-refractivity contribution in [3.63, 3.8) is 0 Å². The summed E-state index contributed by atoms with van der Waals surface area (Å²) in [6.07, 6.45) is 10.1. The molecule has 0 aliphatic rings. The molecule has 0 aliphatic heterocycles. The Morgan fingerprint density at radius 2 is 1.66 bits per heavy atom. The van der Waals surface area contributed by atoms with Gasteiger partial charge in [0.15, 0.2) is 0 Å². The number of aromatic nitrogens is 4. The first-order valence-electron chi connectivity index (χ1n) is 10.8. The normalized spacial score (nSPS) is 9.69. The second kappa shape index (κ2) is 15.3. The van der Waals surface area contributed by atoms with Gasteiger partial charge in [0.05, 0.1) is 12.8 Å². The monoisotopic (exact) mass is 396 g/mol. The summed E-state index contributed by atoms with van der Waals surface area (Å²) >= 11 is 0. The lowest BCUT2D eigenvalue weighted by Crippen LogP contribution is -2.01. The van der Waals surface area contributed by atoms with Crippen LogP contribution >= 0.6 is 0 Å². The van der Waals surface area contributed by atoms with E-state index in [9.17, 15) is 0 Å². The molecule has 0 unspecified atom stereocenters. The molecule has 29 heavy (non-hydrogen) atoms. The quantitative estimate of drug-likeness (QED) is 0.396. The smallest absolute Gasteiger partial charge is 0.122 e. The van der Waals surface area contributed by atoms with Gasteiger partial charge in [-0.1, -0.05) is 57.5 Å². The molecule has 0 atom stereocenters. The molecule has 3 rings (SSSR count). The number of rotatable bonds is 9. The minimum absolute atomic E-state index is 0.777. The summed E-state index contributed by atoms with van der Waals surface area (Å²) in [4.78, 5) is 4.11. The largest absolute Gasteiger partial charge is 0.493 e. The van der Waals surface area contributed by atoms with E-state index >= 15 is 0 Å². The first kappa shape index (κ1) is 24.3. The lowest BCUT2D eigenvalue weighted by atomic mass is 10.2. The van der Waals surface area contributed by atoms with Gasteiger partial charge in [0.2, 0.25) is 0 Å². The number of hydrogen-bond acceptors (Lipinski definition) is 4. The third kappa shape index (κ3) is 8.90. The lowest BCUT2D eigenvalue weighted by molar-refractivity contribution is 0.302. The Morgan fingerprint density at radius 1 is 0.897 bits per heavy atom. The van der Waals surface area contributed by atoms with Gasteiger partial charge in [-0.15, -0.1) is 5.10 Å². The summed E-state index contributed by atoms with van der Waals surface area (Å²) in [7, 11) is 0. The fourth-order valence-corrected chi connectivity index (χ4v) is 2.68. The summed E-state index contributed by atoms with van der Waals surface area (Å²) in [5.74, 6) is 0.994. The Bertz CT molecular complexity index is 771. The molecule has 1 aromatic carbocycles. The van der Waals surface area contributed by atoms with Gasteiger partial charge in [0.1, 0.15) is 11.4 Å². The SMILES string of the molecule is CC.CC.Cc1ccccc1OCCCCCCn1cc(-c2cccnc2)nn1. The zero-order valence-electron chi connectivity index (χ0n) is 18.6. The van der Waals surface area contributed by atoms with E-state index in [-0.39, 0.29) is 0 Å². The second-order valence-corrected chi connectivity index (χ2v) is 6.14. The predicted molar refractivity (Wildman–Crippen MR) is 121 cm³/mol. The molecule has 5 heteroatoms. The van der Waals surface area contributed by atoms with Crippen LogP contribution in [0.15, 0.2) is 55.0 Å². The van der Waals surface area contributed by atoms with Crippen molar-refractivity contribution < 1.29 is 4.74 Å². The zero-order chi connectivity index (χ0) is 21.3. The van der Waals surface area contributed by atoms with Crippen LogP contribution in [0, 0.1) is 6.92 Å². The Morgan fingerprint density at radius 3 is 2.38 bits per heavy atom. The fraction of sp³-hybridized carbons (Fsp3) is 0.458. The van der Waals surface area contributed by atoms with Crippen molar-refractivity contribution in [2.24, 2.45) is 0 Å². The van der Waals surface area contributed by atoms with Crippen LogP contribution in [0.5, 0.6) is 5.75 Å². The molecule has 0 fully saturated rings. The number of hydrogen-bond donors (Lipinski definition) is 0. The highest BCUT2D eigenvalue weighted by molar-refractivity contribution is 5.55. The summed E-state index contributed by atoms with van der Waals surface area (Å²) in [5, 5.41) is 8.40. The molecule has 2 aromatic heterocycles. The number of benzene rings is 1. The minimum atomic E-state index is 0.777. The van der Waals surface area contributed by atoms with Gasteiger partial charge in [-0.2, -0.15) is 0 Å². The average molecular weight is 397 g/mol. The Labute approximate surface area is 176 Å². The molecule has 0 radical (unpaired) electrons. The summed E-state index contributed by atoms with van der Waals surface area (Å²) in [6, 6.07) is 12.1. The molecule has 0 N–H and O–H groups in total. The van der Waals surface area contributed by atoms with Crippen LogP contribution in [0.1, 0.15) is 58.9 Å². The highest BCUT2D eigenvalue weighted by Crippen LogP contribution is 2.17. The Balaban J connectivity index is 0.000000989. The zero-order valence-corrected chi connectivity index (χ0v) is 18.6. The maximum absolute atomic E-state index is 5.82.